The Hall–Kier alpha value is -0.480. The van der Waals surface area contributed by atoms with Crippen molar-refractivity contribution in [2.24, 2.45) is 17.4 Å². The van der Waals surface area contributed by atoms with Gasteiger partial charge in [0.15, 0.2) is 0 Å². The number of amides is 1. The van der Waals surface area contributed by atoms with Crippen LogP contribution in [0, 0.1) is 5.92 Å². The fourth-order valence-corrected chi connectivity index (χ4v) is 7.92. The number of likely N-dealkylation sites (N-methyl/N-ethyl adjacent to an activating group) is 1. The molecule has 4 aliphatic heterocycles. The van der Waals surface area contributed by atoms with Crippen LogP contribution in [0.25, 0.3) is 0 Å². The van der Waals surface area contributed by atoms with Gasteiger partial charge in [-0.3, -0.25) is 14.6 Å². The predicted molar refractivity (Wildman–Crippen MR) is 143 cm³/mol. The fourth-order valence-electron chi connectivity index (χ4n) is 7.47. The normalized spacial score (nSPS) is 38.4. The molecule has 0 saturated carbocycles. The molecule has 4 aliphatic rings. The second-order valence-electron chi connectivity index (χ2n) is 11.8. The first-order chi connectivity index (χ1) is 16.7. The van der Waals surface area contributed by atoms with E-state index >= 15 is 0 Å². The van der Waals surface area contributed by atoms with Crippen molar-refractivity contribution in [3.8, 4) is 0 Å². The van der Waals surface area contributed by atoms with E-state index in [1.807, 2.05) is 0 Å². The molecule has 9 heteroatoms. The van der Waals surface area contributed by atoms with Crippen LogP contribution in [0.15, 0.2) is 0 Å². The number of hydrogen-bond acceptors (Lipinski definition) is 7. The maximum absolute atomic E-state index is 13.8. The van der Waals surface area contributed by atoms with E-state index in [1.54, 1.807) is 0 Å². The van der Waals surface area contributed by atoms with Crippen LogP contribution in [0.3, 0.4) is 0 Å². The Balaban J connectivity index is 1.48. The minimum atomic E-state index is -0.687. The lowest BCUT2D eigenvalue weighted by atomic mass is 9.69. The van der Waals surface area contributed by atoms with E-state index in [1.165, 1.54) is 0 Å². The molecule has 8 nitrogen and oxygen atoms in total. The third-order valence-corrected chi connectivity index (χ3v) is 10.1. The van der Waals surface area contributed by atoms with Crippen molar-refractivity contribution in [1.82, 2.24) is 25.3 Å². The molecule has 4 fully saturated rings. The third-order valence-electron chi connectivity index (χ3n) is 9.59. The van der Waals surface area contributed by atoms with E-state index < -0.39 is 12.1 Å². The summed E-state index contributed by atoms with van der Waals surface area (Å²) < 4.78 is 0. The fraction of sp³-hybridized carbons (Fsp3) is 0.962. The van der Waals surface area contributed by atoms with E-state index in [0.717, 1.165) is 97.2 Å². The molecule has 0 aliphatic carbocycles. The molecule has 6 unspecified atom stereocenters. The first kappa shape index (κ1) is 27.6. The standard InChI is InChI=1S/C26H50ClN7O/c1-4-8-25(27)9-6-10-26(5-2)16-21(34(26)18-25)22(23(28)29)24(35)31-19-17-30-11-7-20(19)33-14-12-32(3)13-15-33/h19-23,30H,4-18,28-29H2,1-3H3,(H,31,35). The van der Waals surface area contributed by atoms with Crippen molar-refractivity contribution >= 4 is 17.5 Å². The Kier molecular flexibility index (Phi) is 9.05. The molecule has 6 N–H and O–H groups in total. The van der Waals surface area contributed by atoms with Gasteiger partial charge >= 0.3 is 0 Å². The van der Waals surface area contributed by atoms with Crippen LogP contribution in [0.5, 0.6) is 0 Å². The molecule has 202 valence electrons. The molecule has 0 radical (unpaired) electrons. The van der Waals surface area contributed by atoms with Gasteiger partial charge in [-0.1, -0.05) is 20.3 Å². The number of nitrogens with zero attached hydrogens (tertiary/aromatic N) is 3. The zero-order valence-electron chi connectivity index (χ0n) is 22.3. The lowest BCUT2D eigenvalue weighted by Gasteiger charge is -2.61. The SMILES string of the molecule is CCCC1(Cl)CCCC2(CC)CC(C(C(=O)NC3CNCCC3N3CCN(C)CC3)C(N)N)N2C1. The van der Waals surface area contributed by atoms with E-state index in [-0.39, 0.29) is 28.4 Å². The second kappa shape index (κ2) is 11.5. The Morgan fingerprint density at radius 2 is 1.94 bits per heavy atom. The van der Waals surface area contributed by atoms with Crippen molar-refractivity contribution < 1.29 is 4.79 Å². The molecule has 4 saturated heterocycles. The molecule has 0 aromatic rings. The molecule has 4 rings (SSSR count). The van der Waals surface area contributed by atoms with Gasteiger partial charge in [0.25, 0.3) is 0 Å². The lowest BCUT2D eigenvalue weighted by molar-refractivity contribution is -0.144. The highest BCUT2D eigenvalue weighted by molar-refractivity contribution is 6.24. The quantitative estimate of drug-likeness (QED) is 0.286. The topological polar surface area (TPSA) is 103 Å². The maximum atomic E-state index is 13.8. The predicted octanol–water partition coefficient (Wildman–Crippen LogP) is 1.12. The molecule has 35 heavy (non-hydrogen) atoms. The minimum absolute atomic E-state index is 0.0161. The Morgan fingerprint density at radius 3 is 2.60 bits per heavy atom. The van der Waals surface area contributed by atoms with E-state index in [4.69, 9.17) is 23.1 Å². The van der Waals surface area contributed by atoms with Crippen LogP contribution >= 0.6 is 11.6 Å². The molecule has 0 aromatic heterocycles. The van der Waals surface area contributed by atoms with Gasteiger partial charge in [-0.15, -0.1) is 11.6 Å². The van der Waals surface area contributed by atoms with Crippen LogP contribution in [0.4, 0.5) is 0 Å². The first-order valence-corrected chi connectivity index (χ1v) is 14.5. The van der Waals surface area contributed by atoms with Crippen molar-refractivity contribution in [2.75, 3.05) is 52.9 Å². The largest absolute Gasteiger partial charge is 0.350 e. The van der Waals surface area contributed by atoms with Crippen molar-refractivity contribution in [1.29, 1.82) is 0 Å². The number of halogens is 1. The highest BCUT2D eigenvalue weighted by Crippen LogP contribution is 2.51. The minimum Gasteiger partial charge on any atom is -0.350 e. The molecule has 6 atom stereocenters. The number of nitrogens with two attached hydrogens (primary N) is 2. The van der Waals surface area contributed by atoms with Gasteiger partial charge in [-0.25, -0.2) is 0 Å². The van der Waals surface area contributed by atoms with Gasteiger partial charge < -0.3 is 27.0 Å². The molecule has 0 spiro atoms. The molecule has 0 bridgehead atoms. The third kappa shape index (κ3) is 5.84. The summed E-state index contributed by atoms with van der Waals surface area (Å²) >= 11 is 7.17. The highest BCUT2D eigenvalue weighted by atomic mass is 35.5. The number of piperidine rings is 1. The molecular weight excluding hydrogens is 462 g/mol. The molecular formula is C26H50ClN7O. The van der Waals surface area contributed by atoms with Crippen molar-refractivity contribution in [2.45, 2.75) is 99.9 Å². The van der Waals surface area contributed by atoms with Gasteiger partial charge in [0.2, 0.25) is 5.91 Å². The van der Waals surface area contributed by atoms with Crippen LogP contribution in [-0.2, 0) is 4.79 Å². The average molecular weight is 512 g/mol. The summed E-state index contributed by atoms with van der Waals surface area (Å²) in [6, 6.07) is 0.493. The number of carbonyl (C=O) groups excluding carboxylic acids is 1. The Labute approximate surface area is 217 Å². The van der Waals surface area contributed by atoms with E-state index in [0.29, 0.717) is 6.04 Å². The van der Waals surface area contributed by atoms with Gasteiger partial charge in [-0.2, -0.15) is 0 Å². The van der Waals surface area contributed by atoms with Crippen molar-refractivity contribution in [3.63, 3.8) is 0 Å². The van der Waals surface area contributed by atoms with Crippen LogP contribution in [-0.4, -0.2) is 108 Å². The van der Waals surface area contributed by atoms with Crippen LogP contribution in [0.1, 0.15) is 65.2 Å². The number of nitrogens with one attached hydrogen (secondary N) is 2. The summed E-state index contributed by atoms with van der Waals surface area (Å²) in [5.41, 5.74) is 12.8. The Morgan fingerprint density at radius 1 is 1.20 bits per heavy atom. The van der Waals surface area contributed by atoms with Crippen LogP contribution in [0.2, 0.25) is 0 Å². The summed E-state index contributed by atoms with van der Waals surface area (Å²) in [5.74, 6) is -0.409. The summed E-state index contributed by atoms with van der Waals surface area (Å²) in [4.78, 5) is 21.1. The molecule has 4 heterocycles. The van der Waals surface area contributed by atoms with Gasteiger partial charge in [0.1, 0.15) is 0 Å². The zero-order chi connectivity index (χ0) is 25.2. The second-order valence-corrected chi connectivity index (χ2v) is 12.7. The maximum Gasteiger partial charge on any atom is 0.227 e. The summed E-state index contributed by atoms with van der Waals surface area (Å²) in [6.45, 7) is 11.4. The van der Waals surface area contributed by atoms with Gasteiger partial charge in [-0.05, 0) is 58.5 Å². The first-order valence-electron chi connectivity index (χ1n) is 14.1. The highest BCUT2D eigenvalue weighted by Gasteiger charge is 2.57. The summed E-state index contributed by atoms with van der Waals surface area (Å²) in [6.07, 6.45) is 7.83. The molecule has 1 amide bonds. The number of alkyl halides is 1. The number of fused-ring (bicyclic) bond motifs is 1. The van der Waals surface area contributed by atoms with Crippen LogP contribution < -0.4 is 22.1 Å². The number of hydrogen-bond donors (Lipinski definition) is 4. The number of piperazine rings is 1. The average Bonchev–Trinajstić information content (AvgIpc) is 2.92. The summed E-state index contributed by atoms with van der Waals surface area (Å²) in [7, 11) is 2.18. The lowest BCUT2D eigenvalue weighted by Crippen LogP contribution is -2.73. The Bertz CT molecular complexity index is 718. The van der Waals surface area contributed by atoms with E-state index in [9.17, 15) is 4.79 Å². The van der Waals surface area contributed by atoms with Gasteiger partial charge in [0, 0.05) is 56.9 Å². The smallest absolute Gasteiger partial charge is 0.227 e. The number of carbonyl (C=O) groups is 1. The van der Waals surface area contributed by atoms with E-state index in [2.05, 4.69) is 46.2 Å². The van der Waals surface area contributed by atoms with Crippen molar-refractivity contribution in [3.05, 3.63) is 0 Å². The molecule has 0 aromatic carbocycles. The summed E-state index contributed by atoms with van der Waals surface area (Å²) in [5, 5.41) is 6.91. The monoisotopic (exact) mass is 511 g/mol. The number of rotatable bonds is 8. The van der Waals surface area contributed by atoms with Gasteiger partial charge in [0.05, 0.1) is 23.0 Å². The zero-order valence-corrected chi connectivity index (χ0v) is 23.0.